The van der Waals surface area contributed by atoms with Gasteiger partial charge in [-0.3, -0.25) is 15.0 Å². The number of thiophene rings is 1. The Morgan fingerprint density at radius 3 is 3.05 bits per heavy atom. The third kappa shape index (κ3) is 3.02. The molecule has 0 aromatic carbocycles. The maximum Gasteiger partial charge on any atom is 0.240 e. The molecule has 0 bridgehead atoms. The quantitative estimate of drug-likeness (QED) is 0.932. The van der Waals surface area contributed by atoms with Gasteiger partial charge in [0.25, 0.3) is 0 Å². The van der Waals surface area contributed by atoms with E-state index in [1.807, 2.05) is 17.5 Å². The molecule has 1 N–H and O–H groups in total. The van der Waals surface area contributed by atoms with Crippen molar-refractivity contribution >= 4 is 23.1 Å². The molecule has 19 heavy (non-hydrogen) atoms. The van der Waals surface area contributed by atoms with Gasteiger partial charge in [0.05, 0.1) is 11.4 Å². The lowest BCUT2D eigenvalue weighted by atomic mass is 10.3. The number of amides is 1. The number of aromatic nitrogens is 1. The number of nitrogens with one attached hydrogen (secondary N) is 1. The maximum absolute atomic E-state index is 11.8. The summed E-state index contributed by atoms with van der Waals surface area (Å²) in [5.41, 5.74) is 0.756. The van der Waals surface area contributed by atoms with E-state index >= 15 is 0 Å². The van der Waals surface area contributed by atoms with Crippen LogP contribution in [-0.2, 0) is 4.79 Å². The summed E-state index contributed by atoms with van der Waals surface area (Å²) >= 11 is 1.59. The highest BCUT2D eigenvalue weighted by Gasteiger charge is 2.16. The lowest BCUT2D eigenvalue weighted by Gasteiger charge is -2.12. The molecule has 0 saturated carbocycles. The molecule has 3 heterocycles. The summed E-state index contributed by atoms with van der Waals surface area (Å²) in [6, 6.07) is 5.69. The monoisotopic (exact) mass is 277 g/mol. The van der Waals surface area contributed by atoms with Crippen molar-refractivity contribution in [3.63, 3.8) is 0 Å². The Kier molecular flexibility index (Phi) is 3.61. The standard InChI is InChI=1S/C13H15N3O2S/c17-12(9-16-5-1-2-6-16)14-13-8-10(15-18-13)11-4-3-7-19-11/h3-4,7-8H,1-2,5-6,9H2,(H,14,17). The molecule has 3 rings (SSSR count). The first-order valence-corrected chi connectivity index (χ1v) is 7.22. The van der Waals surface area contributed by atoms with Gasteiger partial charge in [0.1, 0.15) is 5.69 Å². The average Bonchev–Trinajstić information content (AvgIpc) is 3.09. The summed E-state index contributed by atoms with van der Waals surface area (Å²) in [6.45, 7) is 2.43. The van der Waals surface area contributed by atoms with Gasteiger partial charge in [-0.2, -0.15) is 0 Å². The molecule has 0 radical (unpaired) electrons. The van der Waals surface area contributed by atoms with Crippen LogP contribution >= 0.6 is 11.3 Å². The molecule has 0 spiro atoms. The number of rotatable bonds is 4. The van der Waals surface area contributed by atoms with E-state index in [4.69, 9.17) is 4.52 Å². The molecule has 100 valence electrons. The van der Waals surface area contributed by atoms with Crippen LogP contribution in [0.5, 0.6) is 0 Å². The van der Waals surface area contributed by atoms with Crippen molar-refractivity contribution in [2.24, 2.45) is 0 Å². The average molecular weight is 277 g/mol. The molecule has 1 aliphatic rings. The van der Waals surface area contributed by atoms with Crippen LogP contribution in [-0.4, -0.2) is 35.6 Å². The van der Waals surface area contributed by atoms with Crippen molar-refractivity contribution < 1.29 is 9.32 Å². The van der Waals surface area contributed by atoms with E-state index in [1.165, 1.54) is 12.8 Å². The van der Waals surface area contributed by atoms with Gasteiger partial charge in [0.15, 0.2) is 0 Å². The molecule has 1 aliphatic heterocycles. The number of nitrogens with zero attached hydrogens (tertiary/aromatic N) is 2. The van der Waals surface area contributed by atoms with Gasteiger partial charge in [0.2, 0.25) is 11.8 Å². The van der Waals surface area contributed by atoms with Gasteiger partial charge < -0.3 is 4.52 Å². The van der Waals surface area contributed by atoms with E-state index in [2.05, 4.69) is 15.4 Å². The first-order valence-electron chi connectivity index (χ1n) is 6.34. The number of hydrogen-bond donors (Lipinski definition) is 1. The number of likely N-dealkylation sites (tertiary alicyclic amines) is 1. The molecular formula is C13H15N3O2S. The van der Waals surface area contributed by atoms with Crippen molar-refractivity contribution in [3.8, 4) is 10.6 Å². The smallest absolute Gasteiger partial charge is 0.240 e. The normalized spacial score (nSPS) is 15.8. The summed E-state index contributed by atoms with van der Waals surface area (Å²) in [7, 11) is 0. The molecule has 1 fully saturated rings. The highest BCUT2D eigenvalue weighted by molar-refractivity contribution is 7.13. The van der Waals surface area contributed by atoms with Crippen molar-refractivity contribution in [2.45, 2.75) is 12.8 Å². The van der Waals surface area contributed by atoms with Crippen LogP contribution in [0, 0.1) is 0 Å². The minimum absolute atomic E-state index is 0.0456. The first kappa shape index (κ1) is 12.4. The van der Waals surface area contributed by atoms with Gasteiger partial charge in [-0.05, 0) is 37.4 Å². The molecule has 5 nitrogen and oxygen atoms in total. The van der Waals surface area contributed by atoms with Gasteiger partial charge in [-0.25, -0.2) is 0 Å². The number of carbonyl (C=O) groups excluding carboxylic acids is 1. The predicted molar refractivity (Wildman–Crippen MR) is 74.1 cm³/mol. The van der Waals surface area contributed by atoms with Crippen LogP contribution in [0.3, 0.4) is 0 Å². The molecule has 2 aromatic rings. The largest absolute Gasteiger partial charge is 0.338 e. The Balaban J connectivity index is 1.59. The lowest BCUT2D eigenvalue weighted by Crippen LogP contribution is -2.30. The minimum Gasteiger partial charge on any atom is -0.338 e. The third-order valence-corrected chi connectivity index (χ3v) is 4.00. The lowest BCUT2D eigenvalue weighted by molar-refractivity contribution is -0.117. The Bertz CT molecular complexity index is 544. The Labute approximate surface area is 115 Å². The Morgan fingerprint density at radius 2 is 2.32 bits per heavy atom. The van der Waals surface area contributed by atoms with Crippen LogP contribution in [0.4, 0.5) is 5.88 Å². The molecule has 1 amide bonds. The van der Waals surface area contributed by atoms with E-state index < -0.39 is 0 Å². The molecule has 1 saturated heterocycles. The maximum atomic E-state index is 11.8. The predicted octanol–water partition coefficient (Wildman–Crippen LogP) is 2.44. The zero-order chi connectivity index (χ0) is 13.1. The number of carbonyl (C=O) groups is 1. The molecule has 0 atom stereocenters. The highest BCUT2D eigenvalue weighted by atomic mass is 32.1. The fourth-order valence-electron chi connectivity index (χ4n) is 2.20. The molecule has 0 unspecified atom stereocenters. The summed E-state index contributed by atoms with van der Waals surface area (Å²) < 4.78 is 5.13. The van der Waals surface area contributed by atoms with E-state index in [-0.39, 0.29) is 5.91 Å². The summed E-state index contributed by atoms with van der Waals surface area (Å²) in [4.78, 5) is 15.0. The number of hydrogen-bond acceptors (Lipinski definition) is 5. The second-order valence-corrected chi connectivity index (χ2v) is 5.53. The Morgan fingerprint density at radius 1 is 1.47 bits per heavy atom. The van der Waals surface area contributed by atoms with Gasteiger partial charge in [-0.1, -0.05) is 11.2 Å². The van der Waals surface area contributed by atoms with Crippen LogP contribution in [0.1, 0.15) is 12.8 Å². The van der Waals surface area contributed by atoms with Crippen LogP contribution in [0.25, 0.3) is 10.6 Å². The molecule has 6 heteroatoms. The van der Waals surface area contributed by atoms with Crippen molar-refractivity contribution in [3.05, 3.63) is 23.6 Å². The fraction of sp³-hybridized carbons (Fsp3) is 0.385. The van der Waals surface area contributed by atoms with Crippen LogP contribution < -0.4 is 5.32 Å². The van der Waals surface area contributed by atoms with Crippen LogP contribution in [0.15, 0.2) is 28.1 Å². The number of anilines is 1. The SMILES string of the molecule is O=C(CN1CCCC1)Nc1cc(-c2cccs2)no1. The fourth-order valence-corrected chi connectivity index (χ4v) is 2.87. The van der Waals surface area contributed by atoms with Crippen molar-refractivity contribution in [1.29, 1.82) is 0 Å². The van der Waals surface area contributed by atoms with E-state index in [0.29, 0.717) is 12.4 Å². The first-order chi connectivity index (χ1) is 9.31. The van der Waals surface area contributed by atoms with Gasteiger partial charge in [-0.15, -0.1) is 11.3 Å². The molecule has 0 aliphatic carbocycles. The van der Waals surface area contributed by atoms with E-state index in [0.717, 1.165) is 23.7 Å². The van der Waals surface area contributed by atoms with Gasteiger partial charge >= 0.3 is 0 Å². The molecule has 2 aromatic heterocycles. The minimum atomic E-state index is -0.0456. The topological polar surface area (TPSA) is 58.4 Å². The zero-order valence-electron chi connectivity index (χ0n) is 10.5. The third-order valence-electron chi connectivity index (χ3n) is 3.11. The van der Waals surface area contributed by atoms with Crippen molar-refractivity contribution in [2.75, 3.05) is 25.0 Å². The summed E-state index contributed by atoms with van der Waals surface area (Å²) in [5, 5.41) is 8.68. The second-order valence-electron chi connectivity index (χ2n) is 4.59. The second kappa shape index (κ2) is 5.54. The van der Waals surface area contributed by atoms with Gasteiger partial charge in [0, 0.05) is 6.07 Å². The molecular weight excluding hydrogens is 262 g/mol. The van der Waals surface area contributed by atoms with Crippen molar-refractivity contribution in [1.82, 2.24) is 10.1 Å². The van der Waals surface area contributed by atoms with E-state index in [1.54, 1.807) is 17.4 Å². The van der Waals surface area contributed by atoms with E-state index in [9.17, 15) is 4.79 Å². The summed E-state index contributed by atoms with van der Waals surface area (Å²) in [6.07, 6.45) is 2.36. The summed E-state index contributed by atoms with van der Waals surface area (Å²) in [5.74, 6) is 0.364. The zero-order valence-corrected chi connectivity index (χ0v) is 11.3. The highest BCUT2D eigenvalue weighted by Crippen LogP contribution is 2.25. The van der Waals surface area contributed by atoms with Crippen LogP contribution in [0.2, 0.25) is 0 Å². The Hall–Kier alpha value is -1.66.